The first-order chi connectivity index (χ1) is 6.18. The third-order valence-electron chi connectivity index (χ3n) is 1.69. The highest BCUT2D eigenvalue weighted by Crippen LogP contribution is 1.99. The van der Waals surface area contributed by atoms with Gasteiger partial charge in [-0.25, -0.2) is 4.98 Å². The van der Waals surface area contributed by atoms with E-state index in [-0.39, 0.29) is 0 Å². The minimum absolute atomic E-state index is 0.587. The van der Waals surface area contributed by atoms with Crippen molar-refractivity contribution in [1.29, 1.82) is 0 Å². The molecule has 0 atom stereocenters. The summed E-state index contributed by atoms with van der Waals surface area (Å²) in [5.41, 5.74) is 6.55. The van der Waals surface area contributed by atoms with Crippen molar-refractivity contribution in [2.75, 3.05) is 12.3 Å². The van der Waals surface area contributed by atoms with Crippen LogP contribution in [0.4, 0.5) is 5.82 Å². The van der Waals surface area contributed by atoms with Gasteiger partial charge in [0.1, 0.15) is 5.82 Å². The predicted molar refractivity (Wildman–Crippen MR) is 55.2 cm³/mol. The van der Waals surface area contributed by atoms with Crippen LogP contribution in [0, 0.1) is 5.92 Å². The third-order valence-corrected chi connectivity index (χ3v) is 1.69. The van der Waals surface area contributed by atoms with Crippen LogP contribution in [0.2, 0.25) is 0 Å². The number of hydrogen-bond donors (Lipinski definition) is 2. The van der Waals surface area contributed by atoms with Gasteiger partial charge in [0.25, 0.3) is 0 Å². The lowest BCUT2D eigenvalue weighted by Crippen LogP contribution is -2.19. The first kappa shape index (κ1) is 9.99. The minimum atomic E-state index is 0.587. The lowest BCUT2D eigenvalue weighted by Gasteiger charge is -2.06. The monoisotopic (exact) mass is 179 g/mol. The smallest absolute Gasteiger partial charge is 0.123 e. The number of nitrogens with zero attached hydrogens (tertiary/aromatic N) is 1. The number of pyridine rings is 1. The van der Waals surface area contributed by atoms with Gasteiger partial charge in [-0.05, 0) is 24.6 Å². The molecule has 1 aromatic heterocycles. The molecule has 3 heteroatoms. The molecule has 0 saturated carbocycles. The van der Waals surface area contributed by atoms with Gasteiger partial charge in [-0.3, -0.25) is 0 Å². The molecule has 0 aliphatic heterocycles. The largest absolute Gasteiger partial charge is 0.384 e. The lowest BCUT2D eigenvalue weighted by atomic mass is 10.2. The molecule has 0 fully saturated rings. The summed E-state index contributed by atoms with van der Waals surface area (Å²) in [7, 11) is 0. The number of rotatable bonds is 4. The average Bonchev–Trinajstić information content (AvgIpc) is 2.03. The number of nitrogens with one attached hydrogen (secondary N) is 1. The van der Waals surface area contributed by atoms with Crippen molar-refractivity contribution in [3.63, 3.8) is 0 Å². The maximum Gasteiger partial charge on any atom is 0.123 e. The summed E-state index contributed by atoms with van der Waals surface area (Å²) in [5, 5.41) is 3.31. The Kier molecular flexibility index (Phi) is 3.71. The first-order valence-corrected chi connectivity index (χ1v) is 4.60. The van der Waals surface area contributed by atoms with Crippen LogP contribution in [-0.2, 0) is 6.54 Å². The molecular weight excluding hydrogens is 162 g/mol. The number of aromatic nitrogens is 1. The van der Waals surface area contributed by atoms with Gasteiger partial charge in [0.2, 0.25) is 0 Å². The van der Waals surface area contributed by atoms with Crippen molar-refractivity contribution in [3.05, 3.63) is 23.9 Å². The summed E-state index contributed by atoms with van der Waals surface area (Å²) in [5.74, 6) is 1.25. The van der Waals surface area contributed by atoms with Crippen LogP contribution in [-0.4, -0.2) is 11.5 Å². The van der Waals surface area contributed by atoms with Gasteiger partial charge in [0, 0.05) is 6.54 Å². The zero-order valence-electron chi connectivity index (χ0n) is 8.25. The SMILES string of the molecule is CC(C)CNCc1cccc(N)n1. The van der Waals surface area contributed by atoms with Gasteiger partial charge < -0.3 is 11.1 Å². The summed E-state index contributed by atoms with van der Waals surface area (Å²) in [6.07, 6.45) is 0. The Hall–Kier alpha value is -1.09. The van der Waals surface area contributed by atoms with Crippen molar-refractivity contribution >= 4 is 5.82 Å². The van der Waals surface area contributed by atoms with E-state index in [1.807, 2.05) is 12.1 Å². The molecule has 0 unspecified atom stereocenters. The van der Waals surface area contributed by atoms with E-state index < -0.39 is 0 Å². The number of hydrogen-bond acceptors (Lipinski definition) is 3. The van der Waals surface area contributed by atoms with Crippen molar-refractivity contribution in [2.45, 2.75) is 20.4 Å². The topological polar surface area (TPSA) is 50.9 Å². The Balaban J connectivity index is 2.37. The summed E-state index contributed by atoms with van der Waals surface area (Å²) in [6.45, 7) is 6.17. The van der Waals surface area contributed by atoms with Gasteiger partial charge in [-0.15, -0.1) is 0 Å². The lowest BCUT2D eigenvalue weighted by molar-refractivity contribution is 0.548. The van der Waals surface area contributed by atoms with Crippen LogP contribution >= 0.6 is 0 Å². The van der Waals surface area contributed by atoms with E-state index in [9.17, 15) is 0 Å². The molecule has 3 nitrogen and oxygen atoms in total. The fourth-order valence-corrected chi connectivity index (χ4v) is 1.09. The molecule has 1 rings (SSSR count). The second kappa shape index (κ2) is 4.82. The summed E-state index contributed by atoms with van der Waals surface area (Å²) >= 11 is 0. The highest BCUT2D eigenvalue weighted by molar-refractivity contribution is 5.28. The Morgan fingerprint density at radius 2 is 2.23 bits per heavy atom. The summed E-state index contributed by atoms with van der Waals surface area (Å²) in [4.78, 5) is 4.19. The highest BCUT2D eigenvalue weighted by Gasteiger charge is 1.96. The Morgan fingerprint density at radius 3 is 2.85 bits per heavy atom. The second-order valence-electron chi connectivity index (χ2n) is 3.58. The molecule has 0 aliphatic carbocycles. The van der Waals surface area contributed by atoms with E-state index in [2.05, 4.69) is 24.1 Å². The van der Waals surface area contributed by atoms with Gasteiger partial charge in [0.05, 0.1) is 5.69 Å². The van der Waals surface area contributed by atoms with E-state index in [1.165, 1.54) is 0 Å². The third kappa shape index (κ3) is 3.90. The molecule has 0 saturated heterocycles. The quantitative estimate of drug-likeness (QED) is 0.734. The van der Waals surface area contributed by atoms with E-state index in [0.717, 1.165) is 18.8 Å². The first-order valence-electron chi connectivity index (χ1n) is 4.60. The molecular formula is C10H17N3. The molecule has 0 spiro atoms. The highest BCUT2D eigenvalue weighted by atomic mass is 14.9. The Morgan fingerprint density at radius 1 is 1.46 bits per heavy atom. The minimum Gasteiger partial charge on any atom is -0.384 e. The Labute approximate surface area is 79.4 Å². The average molecular weight is 179 g/mol. The number of anilines is 1. The molecule has 3 N–H and O–H groups in total. The second-order valence-corrected chi connectivity index (χ2v) is 3.58. The molecule has 0 bridgehead atoms. The standard InChI is InChI=1S/C10H17N3/c1-8(2)6-12-7-9-4-3-5-10(11)13-9/h3-5,8,12H,6-7H2,1-2H3,(H2,11,13). The van der Waals surface area contributed by atoms with Crippen molar-refractivity contribution < 1.29 is 0 Å². The fraction of sp³-hybridized carbons (Fsp3) is 0.500. The molecule has 0 aliphatic rings. The van der Waals surface area contributed by atoms with E-state index in [0.29, 0.717) is 11.7 Å². The van der Waals surface area contributed by atoms with Crippen molar-refractivity contribution in [1.82, 2.24) is 10.3 Å². The molecule has 13 heavy (non-hydrogen) atoms. The van der Waals surface area contributed by atoms with Gasteiger partial charge >= 0.3 is 0 Å². The van der Waals surface area contributed by atoms with Gasteiger partial charge in [-0.1, -0.05) is 19.9 Å². The summed E-state index contributed by atoms with van der Waals surface area (Å²) in [6, 6.07) is 5.70. The maximum absolute atomic E-state index is 5.55. The molecule has 0 amide bonds. The maximum atomic E-state index is 5.55. The number of nitrogens with two attached hydrogens (primary N) is 1. The van der Waals surface area contributed by atoms with E-state index in [1.54, 1.807) is 6.07 Å². The zero-order valence-corrected chi connectivity index (χ0v) is 8.25. The van der Waals surface area contributed by atoms with Crippen LogP contribution in [0.5, 0.6) is 0 Å². The van der Waals surface area contributed by atoms with Gasteiger partial charge in [0.15, 0.2) is 0 Å². The van der Waals surface area contributed by atoms with E-state index >= 15 is 0 Å². The number of nitrogen functional groups attached to an aromatic ring is 1. The normalized spacial score (nSPS) is 10.7. The summed E-state index contributed by atoms with van der Waals surface area (Å²) < 4.78 is 0. The van der Waals surface area contributed by atoms with Crippen molar-refractivity contribution in [3.8, 4) is 0 Å². The zero-order chi connectivity index (χ0) is 9.68. The van der Waals surface area contributed by atoms with Crippen LogP contribution in [0.15, 0.2) is 18.2 Å². The van der Waals surface area contributed by atoms with Gasteiger partial charge in [-0.2, -0.15) is 0 Å². The van der Waals surface area contributed by atoms with Crippen LogP contribution in [0.3, 0.4) is 0 Å². The molecule has 0 aromatic carbocycles. The molecule has 0 radical (unpaired) electrons. The van der Waals surface area contributed by atoms with Crippen LogP contribution in [0.1, 0.15) is 19.5 Å². The molecule has 1 heterocycles. The van der Waals surface area contributed by atoms with Crippen LogP contribution < -0.4 is 11.1 Å². The Bertz CT molecular complexity index is 258. The van der Waals surface area contributed by atoms with Crippen molar-refractivity contribution in [2.24, 2.45) is 5.92 Å². The molecule has 1 aromatic rings. The predicted octanol–water partition coefficient (Wildman–Crippen LogP) is 1.41. The van der Waals surface area contributed by atoms with E-state index in [4.69, 9.17) is 5.73 Å². The fourth-order valence-electron chi connectivity index (χ4n) is 1.09. The molecule has 72 valence electrons. The van der Waals surface area contributed by atoms with Crippen LogP contribution in [0.25, 0.3) is 0 Å².